The fourth-order valence-corrected chi connectivity index (χ4v) is 3.58. The first kappa shape index (κ1) is 16.3. The molecule has 1 saturated heterocycles. The number of hydrogen-bond acceptors (Lipinski definition) is 2. The summed E-state index contributed by atoms with van der Waals surface area (Å²) in [6, 6.07) is 8.74. The summed E-state index contributed by atoms with van der Waals surface area (Å²) in [6.45, 7) is 8.54. The van der Waals surface area contributed by atoms with Gasteiger partial charge in [-0.25, -0.2) is 0 Å². The molecule has 3 rings (SSSR count). The van der Waals surface area contributed by atoms with E-state index in [1.807, 2.05) is 0 Å². The maximum atomic E-state index is 4.79. The summed E-state index contributed by atoms with van der Waals surface area (Å²) in [5.74, 6) is 1.57. The minimum Gasteiger partial charge on any atom is -0.357 e. The fraction of sp³-hybridized carbons (Fsp3) is 0.632. The van der Waals surface area contributed by atoms with Gasteiger partial charge in [0.1, 0.15) is 0 Å². The van der Waals surface area contributed by atoms with Crippen LogP contribution < -0.4 is 10.6 Å². The number of fused-ring (bicyclic) bond motifs is 1. The van der Waals surface area contributed by atoms with Gasteiger partial charge in [0.2, 0.25) is 0 Å². The van der Waals surface area contributed by atoms with Gasteiger partial charge >= 0.3 is 0 Å². The molecule has 1 aromatic carbocycles. The van der Waals surface area contributed by atoms with E-state index in [2.05, 4.69) is 46.7 Å². The van der Waals surface area contributed by atoms with Crippen LogP contribution in [-0.4, -0.2) is 50.1 Å². The van der Waals surface area contributed by atoms with E-state index in [0.29, 0.717) is 5.92 Å². The van der Waals surface area contributed by atoms with Crippen molar-refractivity contribution in [2.75, 3.05) is 39.3 Å². The summed E-state index contributed by atoms with van der Waals surface area (Å²) in [7, 11) is 0. The van der Waals surface area contributed by atoms with Gasteiger partial charge in [-0.3, -0.25) is 4.99 Å². The maximum Gasteiger partial charge on any atom is 0.191 e. The molecule has 1 aliphatic heterocycles. The van der Waals surface area contributed by atoms with Gasteiger partial charge in [0.15, 0.2) is 5.96 Å². The Morgan fingerprint density at radius 2 is 2.00 bits per heavy atom. The van der Waals surface area contributed by atoms with Crippen molar-refractivity contribution in [3.8, 4) is 0 Å². The van der Waals surface area contributed by atoms with Crippen LogP contribution in [0.5, 0.6) is 0 Å². The van der Waals surface area contributed by atoms with Crippen LogP contribution in [0.3, 0.4) is 0 Å². The molecule has 0 saturated carbocycles. The Balaban J connectivity index is 1.44. The Morgan fingerprint density at radius 3 is 2.78 bits per heavy atom. The van der Waals surface area contributed by atoms with Gasteiger partial charge < -0.3 is 15.5 Å². The van der Waals surface area contributed by atoms with E-state index in [9.17, 15) is 0 Å². The summed E-state index contributed by atoms with van der Waals surface area (Å²) in [6.07, 6.45) is 5.29. The molecule has 1 unspecified atom stereocenters. The second-order valence-corrected chi connectivity index (χ2v) is 6.65. The quantitative estimate of drug-likeness (QED) is 0.625. The van der Waals surface area contributed by atoms with E-state index >= 15 is 0 Å². The second kappa shape index (κ2) is 8.34. The molecule has 0 spiro atoms. The van der Waals surface area contributed by atoms with Crippen molar-refractivity contribution >= 4 is 5.96 Å². The van der Waals surface area contributed by atoms with Crippen LogP contribution in [0.1, 0.15) is 43.2 Å². The van der Waals surface area contributed by atoms with Crippen LogP contribution in [-0.2, 0) is 6.42 Å². The van der Waals surface area contributed by atoms with Crippen LogP contribution in [0, 0.1) is 0 Å². The molecule has 0 bridgehead atoms. The number of nitrogens with one attached hydrogen (secondary N) is 2. The number of piperidine rings is 1. The number of benzene rings is 1. The summed E-state index contributed by atoms with van der Waals surface area (Å²) in [5, 5.41) is 6.86. The second-order valence-electron chi connectivity index (χ2n) is 6.65. The highest BCUT2D eigenvalue weighted by molar-refractivity contribution is 5.79. The molecule has 2 aliphatic rings. The van der Waals surface area contributed by atoms with Crippen LogP contribution in [0.4, 0.5) is 0 Å². The zero-order valence-electron chi connectivity index (χ0n) is 14.4. The van der Waals surface area contributed by atoms with E-state index in [1.165, 1.54) is 49.9 Å². The highest BCUT2D eigenvalue weighted by atomic mass is 15.2. The van der Waals surface area contributed by atoms with Crippen molar-refractivity contribution in [3.05, 3.63) is 35.4 Å². The number of nitrogens with zero attached hydrogens (tertiary/aromatic N) is 2. The number of hydrogen-bond donors (Lipinski definition) is 2. The fourth-order valence-electron chi connectivity index (χ4n) is 3.58. The Hall–Kier alpha value is -1.55. The Kier molecular flexibility index (Phi) is 5.92. The highest BCUT2D eigenvalue weighted by Crippen LogP contribution is 2.34. The van der Waals surface area contributed by atoms with Crippen LogP contribution in [0.2, 0.25) is 0 Å². The van der Waals surface area contributed by atoms with Gasteiger partial charge in [0, 0.05) is 32.1 Å². The Bertz CT molecular complexity index is 520. The molecule has 4 heteroatoms. The normalized spacial score (nSPS) is 21.4. The molecule has 2 N–H and O–H groups in total. The molecule has 126 valence electrons. The molecule has 23 heavy (non-hydrogen) atoms. The molecule has 0 amide bonds. The highest BCUT2D eigenvalue weighted by Gasteiger charge is 2.24. The monoisotopic (exact) mass is 314 g/mol. The number of rotatable bonds is 6. The average molecular weight is 314 g/mol. The van der Waals surface area contributed by atoms with Gasteiger partial charge in [-0.05, 0) is 50.4 Å². The Labute approximate surface area is 140 Å². The first-order valence-electron chi connectivity index (χ1n) is 9.19. The molecule has 4 nitrogen and oxygen atoms in total. The van der Waals surface area contributed by atoms with Crippen LogP contribution >= 0.6 is 0 Å². The van der Waals surface area contributed by atoms with Crippen molar-refractivity contribution in [3.63, 3.8) is 0 Å². The molecule has 1 aliphatic carbocycles. The van der Waals surface area contributed by atoms with Crippen molar-refractivity contribution < 1.29 is 0 Å². The van der Waals surface area contributed by atoms with Gasteiger partial charge in [0.05, 0.1) is 0 Å². The predicted molar refractivity (Wildman–Crippen MR) is 97.2 cm³/mol. The average Bonchev–Trinajstić information content (AvgIpc) is 2.56. The summed E-state index contributed by atoms with van der Waals surface area (Å²) >= 11 is 0. The molecule has 1 atom stereocenters. The van der Waals surface area contributed by atoms with Crippen molar-refractivity contribution in [1.82, 2.24) is 15.5 Å². The van der Waals surface area contributed by atoms with E-state index in [-0.39, 0.29) is 0 Å². The van der Waals surface area contributed by atoms with E-state index in [4.69, 9.17) is 4.99 Å². The third-order valence-corrected chi connectivity index (χ3v) is 4.94. The lowest BCUT2D eigenvalue weighted by atomic mass is 9.78. The van der Waals surface area contributed by atoms with Crippen LogP contribution in [0.15, 0.2) is 29.3 Å². The molecule has 0 radical (unpaired) electrons. The zero-order valence-corrected chi connectivity index (χ0v) is 14.4. The zero-order chi connectivity index (χ0) is 15.9. The predicted octanol–water partition coefficient (Wildman–Crippen LogP) is 2.37. The third-order valence-electron chi connectivity index (χ3n) is 4.94. The van der Waals surface area contributed by atoms with Gasteiger partial charge in [-0.1, -0.05) is 30.7 Å². The smallest absolute Gasteiger partial charge is 0.191 e. The van der Waals surface area contributed by atoms with E-state index < -0.39 is 0 Å². The minimum absolute atomic E-state index is 0.601. The molecule has 1 aromatic rings. The number of likely N-dealkylation sites (tertiary alicyclic amines) is 1. The van der Waals surface area contributed by atoms with Gasteiger partial charge in [-0.2, -0.15) is 0 Å². The SMILES string of the molecule is CCNC(=NCC1Cc2ccccc21)NCCN1CCCCC1. The van der Waals surface area contributed by atoms with Gasteiger partial charge in [-0.15, -0.1) is 0 Å². The van der Waals surface area contributed by atoms with Crippen molar-refractivity contribution in [2.45, 2.75) is 38.5 Å². The molecule has 0 aromatic heterocycles. The molecule has 1 heterocycles. The summed E-state index contributed by atoms with van der Waals surface area (Å²) < 4.78 is 0. The first-order valence-corrected chi connectivity index (χ1v) is 9.19. The Morgan fingerprint density at radius 1 is 1.17 bits per heavy atom. The lowest BCUT2D eigenvalue weighted by Crippen LogP contribution is -2.43. The van der Waals surface area contributed by atoms with Crippen molar-refractivity contribution in [1.29, 1.82) is 0 Å². The topological polar surface area (TPSA) is 39.7 Å². The summed E-state index contributed by atoms with van der Waals surface area (Å²) in [4.78, 5) is 7.35. The number of aliphatic imine (C=N–C) groups is 1. The van der Waals surface area contributed by atoms with Gasteiger partial charge in [0.25, 0.3) is 0 Å². The molecular formula is C19H30N4. The van der Waals surface area contributed by atoms with Crippen LogP contribution in [0.25, 0.3) is 0 Å². The lowest BCUT2D eigenvalue weighted by Gasteiger charge is -2.29. The maximum absolute atomic E-state index is 4.79. The molecule has 1 fully saturated rings. The molecular weight excluding hydrogens is 284 g/mol. The third kappa shape index (κ3) is 4.47. The van der Waals surface area contributed by atoms with Crippen molar-refractivity contribution in [2.24, 2.45) is 4.99 Å². The van der Waals surface area contributed by atoms with E-state index in [0.717, 1.165) is 32.1 Å². The summed E-state index contributed by atoms with van der Waals surface area (Å²) in [5.41, 5.74) is 2.98. The largest absolute Gasteiger partial charge is 0.357 e. The van der Waals surface area contributed by atoms with E-state index in [1.54, 1.807) is 0 Å². The first-order chi connectivity index (χ1) is 11.4. The number of guanidine groups is 1. The standard InChI is InChI=1S/C19H30N4/c1-2-20-19(21-10-13-23-11-6-3-7-12-23)22-15-17-14-16-8-4-5-9-18(16)17/h4-5,8-9,17H,2-3,6-7,10-15H2,1H3,(H2,20,21,22). The minimum atomic E-state index is 0.601. The lowest BCUT2D eigenvalue weighted by molar-refractivity contribution is 0.232.